The van der Waals surface area contributed by atoms with Gasteiger partial charge in [0.25, 0.3) is 0 Å². The zero-order chi connectivity index (χ0) is 68.7. The van der Waals surface area contributed by atoms with Crippen LogP contribution in [0.2, 0.25) is 0 Å². The highest BCUT2D eigenvalue weighted by Crippen LogP contribution is 2.22. The Balaban J connectivity index is 1.81. The number of imidazole rings is 2. The number of unbranched alkanes of at least 4 members (excludes halogenated alkanes) is 1. The number of hydrogen-bond donors (Lipinski definition) is 18. The van der Waals surface area contributed by atoms with Crippen molar-refractivity contribution >= 4 is 88.7 Å². The molecule has 2 aromatic rings. The van der Waals surface area contributed by atoms with E-state index in [9.17, 15) is 67.1 Å². The number of carbonyl (C=O) groups excluding carboxylic acids is 14. The average Bonchev–Trinajstić information content (AvgIpc) is 1.80. The summed E-state index contributed by atoms with van der Waals surface area (Å²) in [4.78, 5) is 211. The topological polar surface area (TPSA) is 588 Å². The van der Waals surface area contributed by atoms with Gasteiger partial charge < -0.3 is 102 Å². The molecule has 11 atom stereocenters. The summed E-state index contributed by atoms with van der Waals surface area (Å²) < 4.78 is 0. The predicted molar refractivity (Wildman–Crippen MR) is 332 cm³/mol. The molecular formula is C57H92N22O14. The molecular weight excluding hydrogens is 1220 g/mol. The smallest absolute Gasteiger partial charge is 0.245 e. The predicted octanol–water partition coefficient (Wildman–Crippen LogP) is -6.77. The number of carbonyl (C=O) groups is 14. The number of H-pyrrole nitrogens is 2. The van der Waals surface area contributed by atoms with Crippen LogP contribution in [-0.4, -0.2) is 200 Å². The van der Waals surface area contributed by atoms with Crippen LogP contribution in [0.1, 0.15) is 135 Å². The summed E-state index contributed by atoms with van der Waals surface area (Å²) in [6, 6.07) is -14.1. The lowest BCUT2D eigenvalue weighted by atomic mass is 9.96. The fourth-order valence-electron chi connectivity index (χ4n) is 10.4. The molecule has 0 radical (unpaired) electrons. The molecule has 0 unspecified atom stereocenters. The molecule has 2 fully saturated rings. The second kappa shape index (κ2) is 38.8. The lowest BCUT2D eigenvalue weighted by molar-refractivity contribution is -0.143. The first-order chi connectivity index (χ1) is 44.2. The van der Waals surface area contributed by atoms with Crippen molar-refractivity contribution in [3.63, 3.8) is 0 Å². The molecule has 2 aromatic heterocycles. The number of hydrogen-bond acceptors (Lipinski definition) is 18. The quantitative estimate of drug-likeness (QED) is 0.0296. The minimum atomic E-state index is -1.60. The van der Waals surface area contributed by atoms with Gasteiger partial charge >= 0.3 is 0 Å². The van der Waals surface area contributed by atoms with Crippen molar-refractivity contribution in [2.75, 3.05) is 26.2 Å². The highest BCUT2D eigenvalue weighted by Gasteiger charge is 2.41. The molecule has 0 aromatic carbocycles. The Labute approximate surface area is 536 Å². The Morgan fingerprint density at radius 2 is 1.13 bits per heavy atom. The van der Waals surface area contributed by atoms with Gasteiger partial charge in [-0.15, -0.1) is 0 Å². The second-order valence-electron chi connectivity index (χ2n) is 23.0. The molecule has 0 spiro atoms. The summed E-state index contributed by atoms with van der Waals surface area (Å²) >= 11 is 0. The molecule has 14 amide bonds. The molecule has 0 saturated carbocycles. The fourth-order valence-corrected chi connectivity index (χ4v) is 10.4. The van der Waals surface area contributed by atoms with E-state index in [1.165, 1.54) is 36.9 Å². The first kappa shape index (κ1) is 75.7. The average molecular weight is 1310 g/mol. The minimum absolute atomic E-state index is 0.0216. The molecule has 36 nitrogen and oxygen atoms in total. The van der Waals surface area contributed by atoms with Gasteiger partial charge in [0.15, 0.2) is 5.96 Å². The van der Waals surface area contributed by atoms with Gasteiger partial charge in [-0.3, -0.25) is 72.1 Å². The maximum Gasteiger partial charge on any atom is 0.245 e. The molecule has 0 bridgehead atoms. The molecule has 36 heteroatoms. The molecule has 514 valence electrons. The third kappa shape index (κ3) is 26.2. The number of aliphatic imine (C=N–C) groups is 1. The van der Waals surface area contributed by atoms with Crippen molar-refractivity contribution in [2.24, 2.45) is 45.3 Å². The Morgan fingerprint density at radius 3 is 1.69 bits per heavy atom. The van der Waals surface area contributed by atoms with E-state index >= 15 is 0 Å². The lowest BCUT2D eigenvalue weighted by Crippen LogP contribution is -2.61. The molecule has 2 saturated heterocycles. The number of nitrogens with zero attached hydrogens (tertiary/aromatic N) is 4. The van der Waals surface area contributed by atoms with Gasteiger partial charge in [-0.2, -0.15) is 0 Å². The van der Waals surface area contributed by atoms with E-state index in [1.54, 1.807) is 13.8 Å². The summed E-state index contributed by atoms with van der Waals surface area (Å²) in [5.41, 5.74) is 34.3. The highest BCUT2D eigenvalue weighted by molar-refractivity contribution is 5.99. The van der Waals surface area contributed by atoms with Crippen LogP contribution in [0.5, 0.6) is 0 Å². The van der Waals surface area contributed by atoms with Crippen molar-refractivity contribution < 1.29 is 67.1 Å². The summed E-state index contributed by atoms with van der Waals surface area (Å²) in [5.74, 6) is -13.1. The monoisotopic (exact) mass is 1310 g/mol. The van der Waals surface area contributed by atoms with E-state index < -0.39 is 181 Å². The second-order valence-corrected chi connectivity index (χ2v) is 23.0. The first-order valence-corrected chi connectivity index (χ1v) is 31.0. The molecule has 24 N–H and O–H groups in total. The van der Waals surface area contributed by atoms with Gasteiger partial charge in [-0.1, -0.05) is 33.1 Å². The largest absolute Gasteiger partial charge is 0.370 e. The number of aromatic nitrogens is 4. The highest BCUT2D eigenvalue weighted by atomic mass is 16.2. The zero-order valence-electron chi connectivity index (χ0n) is 52.7. The molecule has 93 heavy (non-hydrogen) atoms. The zero-order valence-corrected chi connectivity index (χ0v) is 52.7. The molecule has 4 rings (SSSR count). The third-order valence-electron chi connectivity index (χ3n) is 15.7. The number of aromatic amines is 2. The summed E-state index contributed by atoms with van der Waals surface area (Å²) in [6.45, 7) is 4.04. The van der Waals surface area contributed by atoms with Crippen LogP contribution in [-0.2, 0) is 80.0 Å². The summed E-state index contributed by atoms with van der Waals surface area (Å²) in [6.07, 6.45) is 4.61. The molecule has 2 aliphatic heterocycles. The number of guanidine groups is 1. The van der Waals surface area contributed by atoms with Gasteiger partial charge in [0.2, 0.25) is 82.7 Å². The van der Waals surface area contributed by atoms with Crippen LogP contribution in [0.4, 0.5) is 0 Å². The van der Waals surface area contributed by atoms with Crippen LogP contribution in [0.25, 0.3) is 0 Å². The Kier molecular flexibility index (Phi) is 31.6. The number of primary amides is 3. The SMILES string of the molecule is CC[C@H](C)[C@@H]1NC(=O)[C@H](CCCN=C(N)N)NC(=O)[C@@H](NC(C)=O)CCCC[C@@H](C(N)=O)NC(=O)[C@H](Cc2cnc[nH]2)NC(=O)[C@H](CCC(N)=O)NC(=O)CNC(=O)[C@H](CCC(N)=O)NC(=O)[C@H](Cc2cnc[nH]2)NC(=O)[C@@H]2CCCN2C(=O)[C@H](CCCCN)NC1=O. The van der Waals surface area contributed by atoms with Gasteiger partial charge in [-0.05, 0) is 83.1 Å². The van der Waals surface area contributed by atoms with Crippen LogP contribution < -0.4 is 87.6 Å². The number of nitrogens with two attached hydrogens (primary N) is 6. The van der Waals surface area contributed by atoms with Crippen molar-refractivity contribution in [1.82, 2.24) is 78.0 Å². The minimum Gasteiger partial charge on any atom is -0.370 e. The van der Waals surface area contributed by atoms with E-state index in [0.29, 0.717) is 37.1 Å². The van der Waals surface area contributed by atoms with E-state index in [-0.39, 0.29) is 89.8 Å². The van der Waals surface area contributed by atoms with Crippen LogP contribution in [0.3, 0.4) is 0 Å². The van der Waals surface area contributed by atoms with Gasteiger partial charge in [0.1, 0.15) is 60.4 Å². The van der Waals surface area contributed by atoms with Crippen LogP contribution >= 0.6 is 0 Å². The van der Waals surface area contributed by atoms with Gasteiger partial charge in [-0.25, -0.2) is 9.97 Å². The van der Waals surface area contributed by atoms with Gasteiger partial charge in [0, 0.05) is 69.5 Å². The van der Waals surface area contributed by atoms with Crippen molar-refractivity contribution in [3.8, 4) is 0 Å². The Hall–Kier alpha value is -9.77. The molecule has 4 heterocycles. The van der Waals surface area contributed by atoms with Crippen molar-refractivity contribution in [2.45, 2.75) is 197 Å². The number of fused-ring (bicyclic) bond motifs is 1. The van der Waals surface area contributed by atoms with Crippen molar-refractivity contribution in [1.29, 1.82) is 0 Å². The van der Waals surface area contributed by atoms with E-state index in [2.05, 4.69) is 78.1 Å². The Bertz CT molecular complexity index is 2920. The number of rotatable bonds is 22. The number of nitrogens with one attached hydrogen (secondary N) is 12. The summed E-state index contributed by atoms with van der Waals surface area (Å²) in [7, 11) is 0. The normalized spacial score (nSPS) is 24.6. The maximum absolute atomic E-state index is 14.8. The third-order valence-corrected chi connectivity index (χ3v) is 15.7. The Morgan fingerprint density at radius 1 is 0.602 bits per heavy atom. The van der Waals surface area contributed by atoms with Crippen molar-refractivity contribution in [3.05, 3.63) is 36.4 Å². The molecule has 0 aliphatic carbocycles. The van der Waals surface area contributed by atoms with E-state index in [1.807, 2.05) is 0 Å². The molecule has 2 aliphatic rings. The van der Waals surface area contributed by atoms with Gasteiger partial charge in [0.05, 0.1) is 19.2 Å². The lowest BCUT2D eigenvalue weighted by Gasteiger charge is -2.32. The summed E-state index contributed by atoms with van der Waals surface area (Å²) in [5, 5.41) is 25.8. The fraction of sp³-hybridized carbons (Fsp3) is 0.632. The standard InChI is InChI=1S/C57H92N22O14/c1-4-30(2)46-55(92)75-39(13-7-8-20-58)56(93)79-22-10-15-42(79)54(91)77-41(24-33-26-65-29-69-33)53(90)74-37(16-18-43(59)81)48(85)67-27-45(83)71-38(17-19-44(60)82)50(87)76-40(23-32-25-64-28-68-32)52(89)72-34(47(61)84)11-5-6-12-35(70-31(3)80)49(86)73-36(51(88)78-46)14-9-21-66-57(62)63/h25-26,28-30,34-42,46H,4-24,27,58H2,1-3H3,(H2,59,81)(H2,60,82)(H2,61,84)(H,64,68)(H,65,69)(H,67,85)(H,70,80)(H,71,83)(H,72,89)(H,73,86)(H,74,90)(H,75,92)(H,76,87)(H,77,91)(H,78,88)(H4,62,63,66)/t30-,34-,35-,36-,37-,38-,39-,40-,41-,42-,46-/m0/s1. The van der Waals surface area contributed by atoms with E-state index in [0.717, 1.165) is 0 Å². The maximum atomic E-state index is 14.8. The first-order valence-electron chi connectivity index (χ1n) is 31.0. The van der Waals surface area contributed by atoms with Crippen LogP contribution in [0.15, 0.2) is 30.0 Å². The van der Waals surface area contributed by atoms with E-state index in [4.69, 9.17) is 34.4 Å². The number of amides is 14. The van der Waals surface area contributed by atoms with Crippen LogP contribution in [0, 0.1) is 5.92 Å².